The third-order valence-electron chi connectivity index (χ3n) is 4.40. The number of ether oxygens (including phenoxy) is 2. The molecule has 1 saturated heterocycles. The minimum Gasteiger partial charge on any atom is -0.381 e. The molecule has 0 spiro atoms. The zero-order chi connectivity index (χ0) is 18.5. The van der Waals surface area contributed by atoms with Gasteiger partial charge in [-0.05, 0) is 30.5 Å². The smallest absolute Gasteiger partial charge is 0.191 e. The predicted octanol–water partition coefficient (Wildman–Crippen LogP) is 3.01. The van der Waals surface area contributed by atoms with E-state index in [1.807, 2.05) is 0 Å². The Morgan fingerprint density at radius 2 is 1.81 bits per heavy atom. The summed E-state index contributed by atoms with van der Waals surface area (Å²) in [6, 6.07) is 8.72. The lowest BCUT2D eigenvalue weighted by Crippen LogP contribution is -2.37. The predicted molar refractivity (Wildman–Crippen MR) is 123 cm³/mol. The fourth-order valence-electron chi connectivity index (χ4n) is 2.78. The summed E-state index contributed by atoms with van der Waals surface area (Å²) in [4.78, 5) is 6.64. The number of benzene rings is 1. The number of unbranched alkanes of at least 4 members (excludes halogenated alkanes) is 1. The summed E-state index contributed by atoms with van der Waals surface area (Å²) in [7, 11) is 1.80. The average Bonchev–Trinajstić information content (AvgIpc) is 2.70. The van der Waals surface area contributed by atoms with Crippen molar-refractivity contribution >= 4 is 35.6 Å². The second-order valence-electron chi connectivity index (χ2n) is 6.44. The van der Waals surface area contributed by atoms with Crippen molar-refractivity contribution in [3.8, 4) is 0 Å². The molecule has 2 rings (SSSR count). The highest BCUT2D eigenvalue weighted by Crippen LogP contribution is 2.16. The van der Waals surface area contributed by atoms with Crippen LogP contribution in [0.2, 0.25) is 0 Å². The van der Waals surface area contributed by atoms with E-state index in [4.69, 9.17) is 9.47 Å². The second kappa shape index (κ2) is 14.9. The molecule has 6 nitrogen and oxygen atoms in total. The summed E-state index contributed by atoms with van der Waals surface area (Å²) >= 11 is 0. The summed E-state index contributed by atoms with van der Waals surface area (Å²) in [6.07, 6.45) is 3.31. The van der Waals surface area contributed by atoms with Crippen LogP contribution in [0, 0.1) is 0 Å². The number of anilines is 1. The largest absolute Gasteiger partial charge is 0.381 e. The Bertz CT molecular complexity index is 519. The number of halogens is 1. The Balaban J connectivity index is 0.00000364. The third-order valence-corrected chi connectivity index (χ3v) is 4.40. The van der Waals surface area contributed by atoms with Crippen molar-refractivity contribution in [3.63, 3.8) is 0 Å². The maximum absolute atomic E-state index is 5.57. The molecule has 1 aliphatic rings. The van der Waals surface area contributed by atoms with Gasteiger partial charge in [-0.1, -0.05) is 25.5 Å². The number of guanidine groups is 1. The van der Waals surface area contributed by atoms with Crippen LogP contribution in [0.1, 0.15) is 31.7 Å². The maximum Gasteiger partial charge on any atom is 0.191 e. The molecule has 7 heteroatoms. The lowest BCUT2D eigenvalue weighted by atomic mass is 10.2. The molecule has 2 N–H and O–H groups in total. The van der Waals surface area contributed by atoms with Crippen LogP contribution < -0.4 is 15.5 Å². The molecule has 0 amide bonds. The minimum atomic E-state index is 0. The number of aliphatic imine (C=N–C) groups is 1. The highest BCUT2D eigenvalue weighted by molar-refractivity contribution is 14.0. The van der Waals surface area contributed by atoms with E-state index in [9.17, 15) is 0 Å². The Kier molecular flexibility index (Phi) is 13.3. The molecule has 0 saturated carbocycles. The Morgan fingerprint density at radius 3 is 2.48 bits per heavy atom. The summed E-state index contributed by atoms with van der Waals surface area (Å²) in [5, 5.41) is 6.69. The van der Waals surface area contributed by atoms with E-state index in [-0.39, 0.29) is 24.0 Å². The van der Waals surface area contributed by atoms with Gasteiger partial charge in [-0.15, -0.1) is 24.0 Å². The lowest BCUT2D eigenvalue weighted by molar-refractivity contribution is 0.122. The number of morpholine rings is 1. The van der Waals surface area contributed by atoms with Crippen molar-refractivity contribution < 1.29 is 9.47 Å². The van der Waals surface area contributed by atoms with E-state index >= 15 is 0 Å². The van der Waals surface area contributed by atoms with Gasteiger partial charge in [0.05, 0.1) is 13.2 Å². The second-order valence-corrected chi connectivity index (χ2v) is 6.44. The van der Waals surface area contributed by atoms with Gasteiger partial charge in [0.25, 0.3) is 0 Å². The quantitative estimate of drug-likeness (QED) is 0.229. The Labute approximate surface area is 181 Å². The molecular weight excluding hydrogens is 455 g/mol. The number of hydrogen-bond donors (Lipinski definition) is 2. The fourth-order valence-corrected chi connectivity index (χ4v) is 2.78. The van der Waals surface area contributed by atoms with Crippen LogP contribution in [0.3, 0.4) is 0 Å². The third kappa shape index (κ3) is 9.62. The molecule has 1 aromatic carbocycles. The molecule has 0 atom stereocenters. The monoisotopic (exact) mass is 490 g/mol. The molecule has 154 valence electrons. The number of nitrogens with one attached hydrogen (secondary N) is 2. The van der Waals surface area contributed by atoms with Crippen LogP contribution in [0.25, 0.3) is 0 Å². The highest BCUT2D eigenvalue weighted by atomic mass is 127. The topological polar surface area (TPSA) is 58.1 Å². The molecule has 1 heterocycles. The first-order valence-corrected chi connectivity index (χ1v) is 9.77. The van der Waals surface area contributed by atoms with E-state index < -0.39 is 0 Å². The van der Waals surface area contributed by atoms with Crippen LogP contribution in [0.4, 0.5) is 5.69 Å². The lowest BCUT2D eigenvalue weighted by Gasteiger charge is -2.28. The van der Waals surface area contributed by atoms with Crippen LogP contribution in [-0.2, 0) is 16.0 Å². The van der Waals surface area contributed by atoms with Crippen LogP contribution >= 0.6 is 24.0 Å². The van der Waals surface area contributed by atoms with Gasteiger partial charge >= 0.3 is 0 Å². The normalized spacial score (nSPS) is 14.6. The van der Waals surface area contributed by atoms with E-state index in [0.29, 0.717) is 0 Å². The summed E-state index contributed by atoms with van der Waals surface area (Å²) in [5.41, 5.74) is 2.51. The molecule has 0 unspecified atom stereocenters. The first-order chi connectivity index (χ1) is 12.8. The van der Waals surface area contributed by atoms with Crippen molar-refractivity contribution in [3.05, 3.63) is 29.8 Å². The molecule has 1 aliphatic heterocycles. The SMILES string of the molecule is CCCCOCCCNC(=NC)NCc1ccc(N2CCOCC2)cc1.I. The van der Waals surface area contributed by atoms with Crippen LogP contribution in [0.15, 0.2) is 29.3 Å². The van der Waals surface area contributed by atoms with E-state index in [1.165, 1.54) is 17.7 Å². The number of hydrogen-bond acceptors (Lipinski definition) is 4. The molecular formula is C20H35IN4O2. The van der Waals surface area contributed by atoms with Gasteiger partial charge in [0.2, 0.25) is 0 Å². The van der Waals surface area contributed by atoms with Gasteiger partial charge in [-0.2, -0.15) is 0 Å². The standard InChI is InChI=1S/C20H34N4O2.HI/c1-3-4-13-25-14-5-10-22-20(21-2)23-17-18-6-8-19(9-7-18)24-11-15-26-16-12-24;/h6-9H,3-5,10-17H2,1-2H3,(H2,21,22,23);1H. The van der Waals surface area contributed by atoms with Gasteiger partial charge in [0.15, 0.2) is 5.96 Å². The zero-order valence-electron chi connectivity index (χ0n) is 16.7. The van der Waals surface area contributed by atoms with E-state index in [2.05, 4.69) is 51.7 Å². The molecule has 0 aromatic heterocycles. The summed E-state index contributed by atoms with van der Waals surface area (Å²) < 4.78 is 11.0. The van der Waals surface area contributed by atoms with Crippen molar-refractivity contribution in [2.75, 3.05) is 58.0 Å². The van der Waals surface area contributed by atoms with Crippen molar-refractivity contribution in [1.29, 1.82) is 0 Å². The Hall–Kier alpha value is -1.06. The Morgan fingerprint density at radius 1 is 1.11 bits per heavy atom. The molecule has 27 heavy (non-hydrogen) atoms. The zero-order valence-corrected chi connectivity index (χ0v) is 19.0. The highest BCUT2D eigenvalue weighted by Gasteiger charge is 2.10. The van der Waals surface area contributed by atoms with Crippen molar-refractivity contribution in [2.24, 2.45) is 4.99 Å². The number of nitrogens with zero attached hydrogens (tertiary/aromatic N) is 2. The molecule has 0 bridgehead atoms. The molecule has 1 aromatic rings. The number of rotatable bonds is 10. The maximum atomic E-state index is 5.57. The molecule has 0 radical (unpaired) electrons. The molecule has 1 fully saturated rings. The van der Waals surface area contributed by atoms with Crippen molar-refractivity contribution in [1.82, 2.24) is 10.6 Å². The van der Waals surface area contributed by atoms with Gasteiger partial charge in [-0.25, -0.2) is 0 Å². The van der Waals surface area contributed by atoms with E-state index in [0.717, 1.165) is 71.4 Å². The van der Waals surface area contributed by atoms with Gasteiger partial charge < -0.3 is 25.0 Å². The van der Waals surface area contributed by atoms with Crippen LogP contribution in [-0.4, -0.2) is 59.1 Å². The fraction of sp³-hybridized carbons (Fsp3) is 0.650. The first kappa shape index (κ1) is 24.0. The summed E-state index contributed by atoms with van der Waals surface area (Å²) in [5.74, 6) is 0.829. The van der Waals surface area contributed by atoms with Gasteiger partial charge in [-0.3, -0.25) is 4.99 Å². The summed E-state index contributed by atoms with van der Waals surface area (Å²) in [6.45, 7) is 9.03. The van der Waals surface area contributed by atoms with Crippen molar-refractivity contribution in [2.45, 2.75) is 32.7 Å². The van der Waals surface area contributed by atoms with Gasteiger partial charge in [0.1, 0.15) is 0 Å². The molecule has 0 aliphatic carbocycles. The van der Waals surface area contributed by atoms with Crippen LogP contribution in [0.5, 0.6) is 0 Å². The minimum absolute atomic E-state index is 0. The van der Waals surface area contributed by atoms with Gasteiger partial charge in [0, 0.05) is 52.1 Å². The first-order valence-electron chi connectivity index (χ1n) is 9.77. The average molecular weight is 490 g/mol. The van der Waals surface area contributed by atoms with E-state index in [1.54, 1.807) is 7.05 Å².